The Morgan fingerprint density at radius 2 is 1.92 bits per heavy atom. The average molecular weight is 182 g/mol. The molecule has 0 aliphatic rings. The molecule has 0 aromatic heterocycles. The van der Waals surface area contributed by atoms with Crippen LogP contribution >= 0.6 is 0 Å². The van der Waals surface area contributed by atoms with Gasteiger partial charge in [-0.25, -0.2) is 4.39 Å². The highest BCUT2D eigenvalue weighted by atomic mass is 19.1. The fourth-order valence-corrected chi connectivity index (χ4v) is 1.27. The number of phenols is 1. The van der Waals surface area contributed by atoms with Gasteiger partial charge in [-0.2, -0.15) is 0 Å². The molecule has 1 nitrogen and oxygen atoms in total. The third-order valence-corrected chi connectivity index (χ3v) is 1.76. The number of aromatic hydroxyl groups is 1. The summed E-state index contributed by atoms with van der Waals surface area (Å²) in [6.07, 6.45) is 0.677. The van der Waals surface area contributed by atoms with E-state index in [0.29, 0.717) is 12.0 Å². The summed E-state index contributed by atoms with van der Waals surface area (Å²) >= 11 is 0. The molecule has 0 saturated carbocycles. The van der Waals surface area contributed by atoms with Crippen LogP contribution in [0.2, 0.25) is 0 Å². The summed E-state index contributed by atoms with van der Waals surface area (Å²) < 4.78 is 12.8. The van der Waals surface area contributed by atoms with Crippen LogP contribution in [-0.4, -0.2) is 5.11 Å². The molecule has 0 saturated heterocycles. The molecule has 0 aliphatic heterocycles. The molecule has 1 N–H and O–H groups in total. The van der Waals surface area contributed by atoms with E-state index in [4.69, 9.17) is 0 Å². The first-order valence-electron chi connectivity index (χ1n) is 4.36. The Balaban J connectivity index is 2.94. The van der Waals surface area contributed by atoms with Crippen LogP contribution in [0.3, 0.4) is 0 Å². The Morgan fingerprint density at radius 1 is 1.31 bits per heavy atom. The minimum Gasteiger partial charge on any atom is -0.508 e. The van der Waals surface area contributed by atoms with Crippen molar-refractivity contribution in [3.63, 3.8) is 0 Å². The highest BCUT2D eigenvalue weighted by Gasteiger charge is 2.14. The second-order valence-corrected chi connectivity index (χ2v) is 4.51. The van der Waals surface area contributed by atoms with E-state index < -0.39 is 0 Å². The predicted molar refractivity (Wildman–Crippen MR) is 51.2 cm³/mol. The highest BCUT2D eigenvalue weighted by Crippen LogP contribution is 2.26. The molecule has 0 heterocycles. The van der Waals surface area contributed by atoms with Crippen molar-refractivity contribution in [3.05, 3.63) is 29.6 Å². The third kappa shape index (κ3) is 3.05. The van der Waals surface area contributed by atoms with E-state index >= 15 is 0 Å². The first-order valence-corrected chi connectivity index (χ1v) is 4.36. The van der Waals surface area contributed by atoms with Crippen molar-refractivity contribution in [1.82, 2.24) is 0 Å². The predicted octanol–water partition coefficient (Wildman–Crippen LogP) is 3.12. The lowest BCUT2D eigenvalue weighted by Crippen LogP contribution is -2.09. The van der Waals surface area contributed by atoms with E-state index in [1.807, 2.05) is 0 Å². The maximum absolute atomic E-state index is 12.8. The van der Waals surface area contributed by atoms with Gasteiger partial charge in [-0.05, 0) is 35.6 Å². The zero-order chi connectivity index (χ0) is 10.1. The number of hydrogen-bond donors (Lipinski definition) is 1. The maximum Gasteiger partial charge on any atom is 0.123 e. The molecule has 0 radical (unpaired) electrons. The van der Waals surface area contributed by atoms with E-state index in [9.17, 15) is 9.50 Å². The van der Waals surface area contributed by atoms with E-state index in [2.05, 4.69) is 20.8 Å². The fraction of sp³-hybridized carbons (Fsp3) is 0.455. The molecule has 0 spiro atoms. The summed E-state index contributed by atoms with van der Waals surface area (Å²) in [5.41, 5.74) is 0.734. The SMILES string of the molecule is CC(C)(C)Cc1cc(F)ccc1O. The van der Waals surface area contributed by atoms with Crippen molar-refractivity contribution in [2.75, 3.05) is 0 Å². The molecular formula is C11H15FO. The van der Waals surface area contributed by atoms with Crippen LogP contribution in [0.25, 0.3) is 0 Å². The number of halogens is 1. The average Bonchev–Trinajstić information content (AvgIpc) is 1.94. The number of phenolic OH excluding ortho intramolecular Hbond substituents is 1. The molecular weight excluding hydrogens is 167 g/mol. The standard InChI is InChI=1S/C11H15FO/c1-11(2,3)7-8-6-9(12)4-5-10(8)13/h4-6,13H,7H2,1-3H3. The summed E-state index contributed by atoms with van der Waals surface area (Å²) in [6, 6.07) is 4.05. The van der Waals surface area contributed by atoms with Gasteiger partial charge in [0.25, 0.3) is 0 Å². The van der Waals surface area contributed by atoms with E-state index in [1.165, 1.54) is 18.2 Å². The third-order valence-electron chi connectivity index (χ3n) is 1.76. The fourth-order valence-electron chi connectivity index (χ4n) is 1.27. The summed E-state index contributed by atoms with van der Waals surface area (Å²) in [7, 11) is 0. The summed E-state index contributed by atoms with van der Waals surface area (Å²) in [6.45, 7) is 6.16. The van der Waals surface area contributed by atoms with Gasteiger partial charge in [0.05, 0.1) is 0 Å². The van der Waals surface area contributed by atoms with Crippen molar-refractivity contribution in [2.24, 2.45) is 5.41 Å². The normalized spacial score (nSPS) is 11.7. The van der Waals surface area contributed by atoms with Gasteiger partial charge in [0, 0.05) is 0 Å². The van der Waals surface area contributed by atoms with Crippen LogP contribution in [-0.2, 0) is 6.42 Å². The van der Waals surface area contributed by atoms with Crippen molar-refractivity contribution in [3.8, 4) is 5.75 Å². The number of rotatable bonds is 1. The van der Waals surface area contributed by atoms with Gasteiger partial charge in [0.1, 0.15) is 11.6 Å². The molecule has 1 rings (SSSR count). The van der Waals surface area contributed by atoms with Gasteiger partial charge >= 0.3 is 0 Å². The van der Waals surface area contributed by atoms with E-state index in [1.54, 1.807) is 0 Å². The number of benzene rings is 1. The maximum atomic E-state index is 12.8. The summed E-state index contributed by atoms with van der Waals surface area (Å²) in [5, 5.41) is 9.43. The Kier molecular flexibility index (Phi) is 2.60. The van der Waals surface area contributed by atoms with E-state index in [0.717, 1.165) is 0 Å². The Bertz CT molecular complexity index is 299. The van der Waals surface area contributed by atoms with Crippen LogP contribution in [0.15, 0.2) is 18.2 Å². The molecule has 0 unspecified atom stereocenters. The minimum atomic E-state index is -0.294. The molecule has 13 heavy (non-hydrogen) atoms. The minimum absolute atomic E-state index is 0.0608. The lowest BCUT2D eigenvalue weighted by molar-refractivity contribution is 0.393. The second-order valence-electron chi connectivity index (χ2n) is 4.51. The van der Waals surface area contributed by atoms with Crippen molar-refractivity contribution < 1.29 is 9.50 Å². The molecule has 0 fully saturated rings. The molecule has 0 atom stereocenters. The molecule has 0 aliphatic carbocycles. The smallest absolute Gasteiger partial charge is 0.123 e. The van der Waals surface area contributed by atoms with Gasteiger partial charge in [-0.15, -0.1) is 0 Å². The van der Waals surface area contributed by atoms with Crippen LogP contribution in [0, 0.1) is 11.2 Å². The lowest BCUT2D eigenvalue weighted by Gasteiger charge is -2.18. The summed E-state index contributed by atoms with van der Waals surface area (Å²) in [5.74, 6) is -0.117. The monoisotopic (exact) mass is 182 g/mol. The zero-order valence-corrected chi connectivity index (χ0v) is 8.26. The Labute approximate surface area is 78.2 Å². The van der Waals surface area contributed by atoms with Crippen LogP contribution in [0.1, 0.15) is 26.3 Å². The second kappa shape index (κ2) is 3.36. The largest absolute Gasteiger partial charge is 0.508 e. The molecule has 1 aromatic rings. The first kappa shape index (κ1) is 10.0. The number of hydrogen-bond acceptors (Lipinski definition) is 1. The molecule has 1 aromatic carbocycles. The Hall–Kier alpha value is -1.05. The highest BCUT2D eigenvalue weighted by molar-refractivity contribution is 5.33. The van der Waals surface area contributed by atoms with Gasteiger partial charge < -0.3 is 5.11 Å². The van der Waals surface area contributed by atoms with Crippen molar-refractivity contribution >= 4 is 0 Å². The van der Waals surface area contributed by atoms with Gasteiger partial charge in [0.2, 0.25) is 0 Å². The van der Waals surface area contributed by atoms with Gasteiger partial charge in [-0.3, -0.25) is 0 Å². The molecule has 0 bridgehead atoms. The van der Waals surface area contributed by atoms with E-state index in [-0.39, 0.29) is 17.0 Å². The quantitative estimate of drug-likeness (QED) is 0.707. The summed E-state index contributed by atoms with van der Waals surface area (Å²) in [4.78, 5) is 0. The molecule has 2 heteroatoms. The van der Waals surface area contributed by atoms with Gasteiger partial charge in [-0.1, -0.05) is 20.8 Å². The van der Waals surface area contributed by atoms with Crippen LogP contribution < -0.4 is 0 Å². The van der Waals surface area contributed by atoms with Crippen LogP contribution in [0.5, 0.6) is 5.75 Å². The lowest BCUT2D eigenvalue weighted by atomic mass is 9.88. The molecule has 0 amide bonds. The first-order chi connectivity index (χ1) is 5.88. The van der Waals surface area contributed by atoms with Crippen molar-refractivity contribution in [1.29, 1.82) is 0 Å². The zero-order valence-electron chi connectivity index (χ0n) is 8.26. The Morgan fingerprint density at radius 3 is 2.46 bits per heavy atom. The van der Waals surface area contributed by atoms with Crippen molar-refractivity contribution in [2.45, 2.75) is 27.2 Å². The molecule has 72 valence electrons. The topological polar surface area (TPSA) is 20.2 Å². The van der Waals surface area contributed by atoms with Crippen LogP contribution in [0.4, 0.5) is 4.39 Å². The van der Waals surface area contributed by atoms with Gasteiger partial charge in [0.15, 0.2) is 0 Å².